The number of nitrogens with zero attached hydrogens (tertiary/aromatic N) is 5. The predicted octanol–water partition coefficient (Wildman–Crippen LogP) is 3.67. The first-order valence-corrected chi connectivity index (χ1v) is 11.6. The first-order chi connectivity index (χ1) is 14.7. The van der Waals surface area contributed by atoms with Gasteiger partial charge in [-0.05, 0) is 44.1 Å². The molecule has 158 valence electrons. The third-order valence-electron chi connectivity index (χ3n) is 5.31. The Morgan fingerprint density at radius 2 is 1.90 bits per heavy atom. The van der Waals surface area contributed by atoms with Crippen LogP contribution in [0.25, 0.3) is 11.0 Å². The molecular weight excluding hydrogens is 396 g/mol. The molecule has 2 aromatic heterocycles. The summed E-state index contributed by atoms with van der Waals surface area (Å²) < 4.78 is 1.87. The lowest BCUT2D eigenvalue weighted by Gasteiger charge is -2.28. The van der Waals surface area contributed by atoms with Gasteiger partial charge >= 0.3 is 0 Å². The van der Waals surface area contributed by atoms with Crippen molar-refractivity contribution < 1.29 is 4.79 Å². The van der Waals surface area contributed by atoms with Crippen molar-refractivity contribution in [3.05, 3.63) is 41.6 Å². The van der Waals surface area contributed by atoms with Crippen LogP contribution in [0, 0.1) is 6.92 Å². The predicted molar refractivity (Wildman–Crippen MR) is 121 cm³/mol. The molecule has 0 saturated carbocycles. The summed E-state index contributed by atoms with van der Waals surface area (Å²) in [4.78, 5) is 24.3. The maximum absolute atomic E-state index is 12.4. The number of amides is 1. The summed E-state index contributed by atoms with van der Waals surface area (Å²) in [6, 6.07) is 7.59. The lowest BCUT2D eigenvalue weighted by molar-refractivity contribution is 0.0952. The van der Waals surface area contributed by atoms with Crippen LogP contribution in [0.1, 0.15) is 42.1 Å². The number of carbonyl (C=O) groups excluding carboxylic acids is 1. The molecule has 1 saturated heterocycles. The molecule has 30 heavy (non-hydrogen) atoms. The van der Waals surface area contributed by atoms with Crippen molar-refractivity contribution in [2.24, 2.45) is 0 Å². The Labute approximate surface area is 181 Å². The molecule has 0 radical (unpaired) electrons. The van der Waals surface area contributed by atoms with Gasteiger partial charge in [0.25, 0.3) is 5.91 Å². The first kappa shape index (κ1) is 20.7. The molecule has 0 unspecified atom stereocenters. The van der Waals surface area contributed by atoms with E-state index in [2.05, 4.69) is 22.2 Å². The van der Waals surface area contributed by atoms with Crippen molar-refractivity contribution in [3.63, 3.8) is 0 Å². The van der Waals surface area contributed by atoms with Crippen LogP contribution in [0.2, 0.25) is 0 Å². The fourth-order valence-electron chi connectivity index (χ4n) is 3.71. The van der Waals surface area contributed by atoms with Crippen molar-refractivity contribution in [2.75, 3.05) is 30.3 Å². The van der Waals surface area contributed by atoms with Gasteiger partial charge in [-0.2, -0.15) is 5.10 Å². The summed E-state index contributed by atoms with van der Waals surface area (Å²) >= 11 is 1.65. The number of rotatable bonds is 7. The van der Waals surface area contributed by atoms with Gasteiger partial charge in [-0.3, -0.25) is 4.79 Å². The van der Waals surface area contributed by atoms with Crippen molar-refractivity contribution in [2.45, 2.75) is 44.8 Å². The molecule has 7 nitrogen and oxygen atoms in total. The monoisotopic (exact) mass is 424 g/mol. The van der Waals surface area contributed by atoms with Crippen molar-refractivity contribution in [1.29, 1.82) is 0 Å². The maximum atomic E-state index is 12.4. The van der Waals surface area contributed by atoms with Crippen LogP contribution in [-0.2, 0) is 6.54 Å². The Morgan fingerprint density at radius 1 is 1.13 bits per heavy atom. The molecule has 0 spiro atoms. The van der Waals surface area contributed by atoms with Crippen LogP contribution in [0.15, 0.2) is 35.6 Å². The molecule has 0 bridgehead atoms. The first-order valence-electron chi connectivity index (χ1n) is 10.6. The molecule has 1 aliphatic heterocycles. The molecule has 1 fully saturated rings. The number of benzene rings is 1. The summed E-state index contributed by atoms with van der Waals surface area (Å²) in [7, 11) is 0. The Kier molecular flexibility index (Phi) is 6.52. The SMILES string of the molecule is CCSc1nc(N2CCCCC2)c2cnn(CCNC(=O)c3ccc(C)cc3)c2n1. The summed E-state index contributed by atoms with van der Waals surface area (Å²) in [5, 5.41) is 9.32. The molecular formula is C22H28N6OS. The molecule has 8 heteroatoms. The van der Waals surface area contributed by atoms with E-state index in [1.807, 2.05) is 42.1 Å². The molecule has 1 aliphatic rings. The number of aryl methyl sites for hydroxylation is 1. The van der Waals surface area contributed by atoms with Crippen LogP contribution in [0.5, 0.6) is 0 Å². The molecule has 4 rings (SSSR count). The third-order valence-corrected chi connectivity index (χ3v) is 6.04. The Morgan fingerprint density at radius 3 is 2.63 bits per heavy atom. The minimum absolute atomic E-state index is 0.0719. The molecule has 1 N–H and O–H groups in total. The molecule has 3 heterocycles. The number of nitrogens with one attached hydrogen (secondary N) is 1. The van der Waals surface area contributed by atoms with Gasteiger partial charge in [0, 0.05) is 25.2 Å². The lowest BCUT2D eigenvalue weighted by Crippen LogP contribution is -2.30. The second kappa shape index (κ2) is 9.47. The quantitative estimate of drug-likeness (QED) is 0.461. The Hall–Kier alpha value is -2.61. The van der Waals surface area contributed by atoms with E-state index < -0.39 is 0 Å². The summed E-state index contributed by atoms with van der Waals surface area (Å²) in [5.41, 5.74) is 2.65. The molecule has 1 aromatic carbocycles. The topological polar surface area (TPSA) is 75.9 Å². The molecule has 0 aliphatic carbocycles. The van der Waals surface area contributed by atoms with E-state index in [0.717, 1.165) is 46.4 Å². The highest BCUT2D eigenvalue weighted by Gasteiger charge is 2.20. The number of aromatic nitrogens is 4. The van der Waals surface area contributed by atoms with Gasteiger partial charge in [-0.15, -0.1) is 0 Å². The van der Waals surface area contributed by atoms with E-state index >= 15 is 0 Å². The number of carbonyl (C=O) groups is 1. The van der Waals surface area contributed by atoms with E-state index in [0.29, 0.717) is 18.7 Å². The summed E-state index contributed by atoms with van der Waals surface area (Å²) in [6.07, 6.45) is 5.53. The van der Waals surface area contributed by atoms with Gasteiger partial charge < -0.3 is 10.2 Å². The molecule has 1 amide bonds. The van der Waals surface area contributed by atoms with Crippen LogP contribution >= 0.6 is 11.8 Å². The van der Waals surface area contributed by atoms with Gasteiger partial charge in [0.1, 0.15) is 5.82 Å². The standard InChI is InChI=1S/C22H28N6OS/c1-3-30-22-25-19(27-12-5-4-6-13-27)18-15-24-28(20(18)26-22)14-11-23-21(29)17-9-7-16(2)8-10-17/h7-10,15H,3-6,11-14H2,1-2H3,(H,23,29). The highest BCUT2D eigenvalue weighted by atomic mass is 32.2. The zero-order valence-electron chi connectivity index (χ0n) is 17.6. The zero-order chi connectivity index (χ0) is 20.9. The van der Waals surface area contributed by atoms with E-state index in [4.69, 9.17) is 9.97 Å². The number of hydrogen-bond acceptors (Lipinski definition) is 6. The highest BCUT2D eigenvalue weighted by Crippen LogP contribution is 2.29. The fraction of sp³-hybridized carbons (Fsp3) is 0.455. The smallest absolute Gasteiger partial charge is 0.251 e. The van der Waals surface area contributed by atoms with E-state index in [9.17, 15) is 4.79 Å². The van der Waals surface area contributed by atoms with Gasteiger partial charge in [0.15, 0.2) is 10.8 Å². The largest absolute Gasteiger partial charge is 0.356 e. The van der Waals surface area contributed by atoms with E-state index in [-0.39, 0.29) is 5.91 Å². The fourth-order valence-corrected chi connectivity index (χ4v) is 4.27. The number of fused-ring (bicyclic) bond motifs is 1. The lowest BCUT2D eigenvalue weighted by atomic mass is 10.1. The van der Waals surface area contributed by atoms with Gasteiger partial charge in [-0.25, -0.2) is 14.6 Å². The van der Waals surface area contributed by atoms with Crippen molar-refractivity contribution in [1.82, 2.24) is 25.1 Å². The average Bonchev–Trinajstić information content (AvgIpc) is 3.17. The summed E-state index contributed by atoms with van der Waals surface area (Å²) in [6.45, 7) is 7.23. The zero-order valence-corrected chi connectivity index (χ0v) is 18.4. The maximum Gasteiger partial charge on any atom is 0.251 e. The second-order valence-corrected chi connectivity index (χ2v) is 8.77. The van der Waals surface area contributed by atoms with Crippen LogP contribution in [0.4, 0.5) is 5.82 Å². The molecule has 0 atom stereocenters. The van der Waals surface area contributed by atoms with Crippen LogP contribution < -0.4 is 10.2 Å². The van der Waals surface area contributed by atoms with Crippen molar-refractivity contribution >= 4 is 34.5 Å². The Bertz CT molecular complexity index is 1010. The number of hydrogen-bond donors (Lipinski definition) is 1. The van der Waals surface area contributed by atoms with Crippen LogP contribution in [0.3, 0.4) is 0 Å². The van der Waals surface area contributed by atoms with E-state index in [1.54, 1.807) is 11.8 Å². The minimum atomic E-state index is -0.0719. The average molecular weight is 425 g/mol. The van der Waals surface area contributed by atoms with Crippen molar-refractivity contribution in [3.8, 4) is 0 Å². The van der Waals surface area contributed by atoms with Gasteiger partial charge in [0.05, 0.1) is 18.1 Å². The summed E-state index contributed by atoms with van der Waals surface area (Å²) in [5.74, 6) is 1.84. The normalized spacial score (nSPS) is 14.3. The highest BCUT2D eigenvalue weighted by molar-refractivity contribution is 7.99. The number of piperidine rings is 1. The van der Waals surface area contributed by atoms with E-state index in [1.165, 1.54) is 19.3 Å². The van der Waals surface area contributed by atoms with Gasteiger partial charge in [-0.1, -0.05) is 36.4 Å². The minimum Gasteiger partial charge on any atom is -0.356 e. The third kappa shape index (κ3) is 4.59. The number of thioether (sulfide) groups is 1. The van der Waals surface area contributed by atoms with Crippen LogP contribution in [-0.4, -0.2) is 51.0 Å². The second-order valence-electron chi connectivity index (χ2n) is 7.54. The number of anilines is 1. The van der Waals surface area contributed by atoms with Gasteiger partial charge in [0.2, 0.25) is 0 Å². The Balaban J connectivity index is 1.51. The molecule has 3 aromatic rings.